The molecule has 1 heterocycles. The maximum atomic E-state index is 11.6. The van der Waals surface area contributed by atoms with Gasteiger partial charge in [0.2, 0.25) is 0 Å². The highest BCUT2D eigenvalue weighted by atomic mass is 35.5. The number of ether oxygens (including phenoxy) is 2. The molecule has 1 aromatic carbocycles. The largest absolute Gasteiger partial charge is 0.353 e. The average Bonchev–Trinajstić information content (AvgIpc) is 2.40. The Balaban J connectivity index is 1.67. The number of benzene rings is 1. The van der Waals surface area contributed by atoms with E-state index in [9.17, 15) is 4.79 Å². The lowest BCUT2D eigenvalue weighted by molar-refractivity contribution is -0.180. The number of carbonyl (C=O) groups excluding carboxylic acids is 1. The summed E-state index contributed by atoms with van der Waals surface area (Å²) in [6.45, 7) is 1.94. The Kier molecular flexibility index (Phi) is 5.44. The molecule has 6 heteroatoms. The fourth-order valence-electron chi connectivity index (χ4n) is 1.75. The third-order valence-corrected chi connectivity index (χ3v) is 2.88. The van der Waals surface area contributed by atoms with E-state index in [2.05, 4.69) is 10.6 Å². The quantitative estimate of drug-likeness (QED) is 0.893. The van der Waals surface area contributed by atoms with Gasteiger partial charge < -0.3 is 20.1 Å². The zero-order valence-corrected chi connectivity index (χ0v) is 11.3. The van der Waals surface area contributed by atoms with E-state index >= 15 is 0 Å². The summed E-state index contributed by atoms with van der Waals surface area (Å²) in [5, 5.41) is 6.03. The van der Waals surface area contributed by atoms with E-state index in [-0.39, 0.29) is 12.3 Å². The van der Waals surface area contributed by atoms with Crippen LogP contribution in [0.25, 0.3) is 0 Å². The molecule has 0 radical (unpaired) electrons. The maximum absolute atomic E-state index is 11.6. The molecule has 19 heavy (non-hydrogen) atoms. The van der Waals surface area contributed by atoms with E-state index in [1.54, 1.807) is 24.3 Å². The third kappa shape index (κ3) is 5.06. The first-order valence-electron chi connectivity index (χ1n) is 6.28. The highest BCUT2D eigenvalue weighted by molar-refractivity contribution is 6.30. The Morgan fingerprint density at radius 2 is 2.16 bits per heavy atom. The highest BCUT2D eigenvalue weighted by Gasteiger charge is 2.13. The van der Waals surface area contributed by atoms with E-state index in [4.69, 9.17) is 21.1 Å². The van der Waals surface area contributed by atoms with Gasteiger partial charge in [0.05, 0.1) is 13.2 Å². The Hall–Kier alpha value is -1.30. The smallest absolute Gasteiger partial charge is 0.319 e. The highest BCUT2D eigenvalue weighted by Crippen LogP contribution is 2.14. The van der Waals surface area contributed by atoms with Crippen molar-refractivity contribution in [2.45, 2.75) is 19.1 Å². The van der Waals surface area contributed by atoms with Gasteiger partial charge in [-0.25, -0.2) is 4.79 Å². The van der Waals surface area contributed by atoms with Crippen LogP contribution in [0.1, 0.15) is 12.8 Å². The van der Waals surface area contributed by atoms with Gasteiger partial charge >= 0.3 is 6.03 Å². The molecule has 2 N–H and O–H groups in total. The Morgan fingerprint density at radius 3 is 2.89 bits per heavy atom. The predicted octanol–water partition coefficient (Wildman–Crippen LogP) is 2.61. The van der Waals surface area contributed by atoms with Crippen LogP contribution >= 0.6 is 11.6 Å². The van der Waals surface area contributed by atoms with Gasteiger partial charge in [0.25, 0.3) is 0 Å². The minimum atomic E-state index is -0.266. The third-order valence-electron chi connectivity index (χ3n) is 2.64. The van der Waals surface area contributed by atoms with Crippen molar-refractivity contribution >= 4 is 23.3 Å². The minimum absolute atomic E-state index is 0.208. The number of halogens is 1. The van der Waals surface area contributed by atoms with Crippen LogP contribution in [0.4, 0.5) is 10.5 Å². The molecule has 0 saturated carbocycles. The van der Waals surface area contributed by atoms with Crippen LogP contribution < -0.4 is 10.6 Å². The number of rotatable bonds is 4. The molecule has 0 aliphatic carbocycles. The average molecular weight is 285 g/mol. The van der Waals surface area contributed by atoms with Crippen LogP contribution in [0.5, 0.6) is 0 Å². The van der Waals surface area contributed by atoms with Crippen molar-refractivity contribution in [2.24, 2.45) is 0 Å². The lowest BCUT2D eigenvalue weighted by Gasteiger charge is -2.23. The van der Waals surface area contributed by atoms with Crippen LogP contribution in [0.2, 0.25) is 5.02 Å². The first-order valence-corrected chi connectivity index (χ1v) is 6.65. The Bertz CT molecular complexity index is 422. The van der Waals surface area contributed by atoms with Crippen LogP contribution in [0.15, 0.2) is 24.3 Å². The van der Waals surface area contributed by atoms with Crippen molar-refractivity contribution in [1.29, 1.82) is 0 Å². The van der Waals surface area contributed by atoms with Gasteiger partial charge in [-0.3, -0.25) is 0 Å². The number of amides is 2. The van der Waals surface area contributed by atoms with Crippen molar-refractivity contribution in [3.63, 3.8) is 0 Å². The molecular weight excluding hydrogens is 268 g/mol. The molecule has 2 rings (SSSR count). The van der Waals surface area contributed by atoms with Crippen molar-refractivity contribution in [1.82, 2.24) is 5.32 Å². The summed E-state index contributed by atoms with van der Waals surface area (Å²) < 4.78 is 10.8. The number of hydrogen-bond acceptors (Lipinski definition) is 3. The zero-order chi connectivity index (χ0) is 13.5. The molecule has 0 atom stereocenters. The number of hydrogen-bond donors (Lipinski definition) is 2. The topological polar surface area (TPSA) is 59.6 Å². The van der Waals surface area contributed by atoms with Crippen molar-refractivity contribution in [3.05, 3.63) is 29.3 Å². The van der Waals surface area contributed by atoms with E-state index in [1.165, 1.54) is 0 Å². The molecule has 0 bridgehead atoms. The fraction of sp³-hybridized carbons (Fsp3) is 0.462. The van der Waals surface area contributed by atoms with Crippen LogP contribution in [-0.2, 0) is 9.47 Å². The molecular formula is C13H17ClN2O3. The fourth-order valence-corrected chi connectivity index (χ4v) is 1.94. The molecule has 1 saturated heterocycles. The normalized spacial score (nSPS) is 16.1. The van der Waals surface area contributed by atoms with Crippen molar-refractivity contribution < 1.29 is 14.3 Å². The molecule has 0 spiro atoms. The molecule has 0 aromatic heterocycles. The van der Waals surface area contributed by atoms with Crippen molar-refractivity contribution in [3.8, 4) is 0 Å². The molecule has 5 nitrogen and oxygen atoms in total. The van der Waals surface area contributed by atoms with E-state index < -0.39 is 0 Å². The molecule has 0 unspecified atom stereocenters. The Labute approximate surface area is 117 Å². The first-order chi connectivity index (χ1) is 9.24. The number of nitrogens with one attached hydrogen (secondary N) is 2. The Morgan fingerprint density at radius 1 is 1.37 bits per heavy atom. The lowest BCUT2D eigenvalue weighted by Crippen LogP contribution is -2.33. The SMILES string of the molecule is O=C(NCCC1OCCCO1)Nc1cccc(Cl)c1. The standard InChI is InChI=1S/C13H17ClN2O3/c14-10-3-1-4-11(9-10)16-13(17)15-6-5-12-18-7-2-8-19-12/h1,3-4,9,12H,2,5-8H2,(H2,15,16,17). The molecule has 1 fully saturated rings. The second kappa shape index (κ2) is 7.33. The number of anilines is 1. The predicted molar refractivity (Wildman–Crippen MR) is 73.4 cm³/mol. The molecule has 104 valence electrons. The zero-order valence-electron chi connectivity index (χ0n) is 10.5. The molecule has 1 aromatic rings. The summed E-state index contributed by atoms with van der Waals surface area (Å²) in [5.74, 6) is 0. The summed E-state index contributed by atoms with van der Waals surface area (Å²) in [5.41, 5.74) is 0.662. The van der Waals surface area contributed by atoms with Gasteiger partial charge in [-0.1, -0.05) is 17.7 Å². The first kappa shape index (κ1) is 14.1. The monoisotopic (exact) mass is 284 g/mol. The number of urea groups is 1. The summed E-state index contributed by atoms with van der Waals surface area (Å²) in [7, 11) is 0. The van der Waals surface area contributed by atoms with Gasteiger partial charge in [0, 0.05) is 23.7 Å². The molecule has 1 aliphatic heterocycles. The van der Waals surface area contributed by atoms with Gasteiger partial charge in [0.15, 0.2) is 6.29 Å². The van der Waals surface area contributed by atoms with Gasteiger partial charge in [-0.05, 0) is 24.6 Å². The van der Waals surface area contributed by atoms with Crippen molar-refractivity contribution in [2.75, 3.05) is 25.1 Å². The minimum Gasteiger partial charge on any atom is -0.353 e. The van der Waals surface area contributed by atoms with E-state index in [0.717, 1.165) is 19.6 Å². The van der Waals surface area contributed by atoms with Crippen LogP contribution in [-0.4, -0.2) is 32.1 Å². The second-order valence-electron chi connectivity index (χ2n) is 4.20. The second-order valence-corrected chi connectivity index (χ2v) is 4.64. The maximum Gasteiger partial charge on any atom is 0.319 e. The lowest BCUT2D eigenvalue weighted by atomic mass is 10.3. The summed E-state index contributed by atoms with van der Waals surface area (Å²) in [6, 6.07) is 6.73. The molecule has 1 aliphatic rings. The van der Waals surface area contributed by atoms with Crippen LogP contribution in [0, 0.1) is 0 Å². The summed E-state index contributed by atoms with van der Waals surface area (Å²) in [4.78, 5) is 11.6. The van der Waals surface area contributed by atoms with Gasteiger partial charge in [-0.2, -0.15) is 0 Å². The summed E-state index contributed by atoms with van der Waals surface area (Å²) in [6.07, 6.45) is 1.36. The molecule has 2 amide bonds. The van der Waals surface area contributed by atoms with Gasteiger partial charge in [-0.15, -0.1) is 0 Å². The van der Waals surface area contributed by atoms with E-state index in [1.807, 2.05) is 0 Å². The van der Waals surface area contributed by atoms with Crippen LogP contribution in [0.3, 0.4) is 0 Å². The van der Waals surface area contributed by atoms with Gasteiger partial charge in [0.1, 0.15) is 0 Å². The summed E-state index contributed by atoms with van der Waals surface area (Å²) >= 11 is 5.83. The van der Waals surface area contributed by atoms with E-state index in [0.29, 0.717) is 23.7 Å². The number of carbonyl (C=O) groups is 1.